The van der Waals surface area contributed by atoms with Gasteiger partial charge in [0.15, 0.2) is 0 Å². The Morgan fingerprint density at radius 3 is 2.58 bits per heavy atom. The van der Waals surface area contributed by atoms with Crippen LogP contribution in [0.1, 0.15) is 31.9 Å². The van der Waals surface area contributed by atoms with E-state index in [4.69, 9.17) is 23.2 Å². The molecule has 0 aliphatic rings. The maximum atomic E-state index is 10.2. The van der Waals surface area contributed by atoms with E-state index in [2.05, 4.69) is 12.2 Å². The first-order chi connectivity index (χ1) is 8.89. The molecule has 0 spiro atoms. The molecule has 2 N–H and O–H groups in total. The van der Waals surface area contributed by atoms with E-state index in [0.29, 0.717) is 22.3 Å². The molecular weight excluding hydrogens is 301 g/mol. The van der Waals surface area contributed by atoms with E-state index in [0.717, 1.165) is 12.0 Å². The zero-order chi connectivity index (χ0) is 14.5. The molecule has 0 fully saturated rings. The largest absolute Gasteiger partial charge is 0.388 e. The Morgan fingerprint density at radius 2 is 2.05 bits per heavy atom. The average molecular weight is 322 g/mol. The van der Waals surface area contributed by atoms with Gasteiger partial charge in [0, 0.05) is 18.3 Å². The molecule has 0 heterocycles. The zero-order valence-corrected chi connectivity index (χ0v) is 13.9. The highest BCUT2D eigenvalue weighted by Gasteiger charge is 2.21. The highest BCUT2D eigenvalue weighted by atomic mass is 35.5. The molecule has 19 heavy (non-hydrogen) atoms. The first-order valence-electron chi connectivity index (χ1n) is 6.29. The van der Waals surface area contributed by atoms with Gasteiger partial charge in [-0.05, 0) is 37.3 Å². The molecule has 1 aromatic carbocycles. The standard InChI is InChI=1S/C14H21Cl2NOS/c1-4-13(17-8-14(2,18)9-19-3)10-5-6-11(15)12(16)7-10/h5-7,13,17-18H,4,8-9H2,1-3H3. The molecule has 0 aromatic heterocycles. The zero-order valence-electron chi connectivity index (χ0n) is 11.5. The van der Waals surface area contributed by atoms with E-state index in [1.807, 2.05) is 31.4 Å². The Labute approximate surface area is 129 Å². The van der Waals surface area contributed by atoms with Crippen LogP contribution in [0.15, 0.2) is 18.2 Å². The van der Waals surface area contributed by atoms with E-state index in [-0.39, 0.29) is 6.04 Å². The van der Waals surface area contributed by atoms with Gasteiger partial charge in [0.2, 0.25) is 0 Å². The summed E-state index contributed by atoms with van der Waals surface area (Å²) >= 11 is 13.6. The highest BCUT2D eigenvalue weighted by molar-refractivity contribution is 7.98. The molecule has 0 bridgehead atoms. The van der Waals surface area contributed by atoms with E-state index >= 15 is 0 Å². The molecule has 2 nitrogen and oxygen atoms in total. The number of rotatable bonds is 7. The Morgan fingerprint density at radius 1 is 1.37 bits per heavy atom. The lowest BCUT2D eigenvalue weighted by Gasteiger charge is -2.26. The molecule has 1 rings (SSSR count). The van der Waals surface area contributed by atoms with Gasteiger partial charge in [-0.1, -0.05) is 36.2 Å². The van der Waals surface area contributed by atoms with Crippen LogP contribution in [0, 0.1) is 0 Å². The van der Waals surface area contributed by atoms with Crippen molar-refractivity contribution in [2.24, 2.45) is 0 Å². The highest BCUT2D eigenvalue weighted by Crippen LogP contribution is 2.27. The van der Waals surface area contributed by atoms with Gasteiger partial charge in [0.05, 0.1) is 15.6 Å². The molecular formula is C14H21Cl2NOS. The lowest BCUT2D eigenvalue weighted by Crippen LogP contribution is -2.41. The number of hydrogen-bond acceptors (Lipinski definition) is 3. The number of thioether (sulfide) groups is 1. The number of aliphatic hydroxyl groups is 1. The van der Waals surface area contributed by atoms with Crippen molar-refractivity contribution < 1.29 is 5.11 Å². The van der Waals surface area contributed by atoms with Crippen LogP contribution in [0.3, 0.4) is 0 Å². The second kappa shape index (κ2) is 7.75. The van der Waals surface area contributed by atoms with Crippen molar-refractivity contribution in [2.45, 2.75) is 31.9 Å². The monoisotopic (exact) mass is 321 g/mol. The minimum atomic E-state index is -0.705. The van der Waals surface area contributed by atoms with Crippen LogP contribution in [-0.4, -0.2) is 29.3 Å². The van der Waals surface area contributed by atoms with Gasteiger partial charge >= 0.3 is 0 Å². The third kappa shape index (κ3) is 5.52. The Bertz CT molecular complexity index is 412. The van der Waals surface area contributed by atoms with Crippen LogP contribution in [0.5, 0.6) is 0 Å². The molecule has 2 unspecified atom stereocenters. The van der Waals surface area contributed by atoms with Crippen molar-refractivity contribution in [3.63, 3.8) is 0 Å². The van der Waals surface area contributed by atoms with Crippen molar-refractivity contribution >= 4 is 35.0 Å². The molecule has 0 radical (unpaired) electrons. The quantitative estimate of drug-likeness (QED) is 0.791. The number of benzene rings is 1. The maximum absolute atomic E-state index is 10.2. The smallest absolute Gasteiger partial charge is 0.0833 e. The first-order valence-corrected chi connectivity index (χ1v) is 8.44. The van der Waals surface area contributed by atoms with E-state index in [9.17, 15) is 5.11 Å². The fourth-order valence-corrected chi connectivity index (χ4v) is 2.96. The minimum Gasteiger partial charge on any atom is -0.388 e. The summed E-state index contributed by atoms with van der Waals surface area (Å²) in [7, 11) is 0. The van der Waals surface area contributed by atoms with Crippen LogP contribution in [0.2, 0.25) is 10.0 Å². The lowest BCUT2D eigenvalue weighted by molar-refractivity contribution is 0.0812. The summed E-state index contributed by atoms with van der Waals surface area (Å²) < 4.78 is 0. The molecule has 0 saturated heterocycles. The Kier molecular flexibility index (Phi) is 6.98. The molecule has 0 amide bonds. The summed E-state index contributed by atoms with van der Waals surface area (Å²) in [5.74, 6) is 0.706. The predicted molar refractivity (Wildman–Crippen MR) is 86.5 cm³/mol. The van der Waals surface area contributed by atoms with Crippen molar-refractivity contribution in [1.29, 1.82) is 0 Å². The van der Waals surface area contributed by atoms with Gasteiger partial charge in [-0.25, -0.2) is 0 Å². The van der Waals surface area contributed by atoms with Gasteiger partial charge in [0.25, 0.3) is 0 Å². The van der Waals surface area contributed by atoms with E-state index < -0.39 is 5.60 Å². The summed E-state index contributed by atoms with van der Waals surface area (Å²) in [6, 6.07) is 5.83. The van der Waals surface area contributed by atoms with Crippen LogP contribution < -0.4 is 5.32 Å². The molecule has 5 heteroatoms. The molecule has 2 atom stereocenters. The number of halogens is 2. The average Bonchev–Trinajstić information content (AvgIpc) is 2.34. The lowest BCUT2D eigenvalue weighted by atomic mass is 10.0. The second-order valence-electron chi connectivity index (χ2n) is 4.95. The van der Waals surface area contributed by atoms with Crippen LogP contribution in [0.4, 0.5) is 0 Å². The van der Waals surface area contributed by atoms with Crippen molar-refractivity contribution in [1.82, 2.24) is 5.32 Å². The molecule has 0 saturated carbocycles. The summed E-state index contributed by atoms with van der Waals surface area (Å²) in [6.45, 7) is 4.49. The van der Waals surface area contributed by atoms with Crippen molar-refractivity contribution in [3.8, 4) is 0 Å². The van der Waals surface area contributed by atoms with Gasteiger partial charge < -0.3 is 10.4 Å². The second-order valence-corrected chi connectivity index (χ2v) is 6.63. The van der Waals surface area contributed by atoms with E-state index in [1.54, 1.807) is 11.8 Å². The van der Waals surface area contributed by atoms with Gasteiger partial charge in [0.1, 0.15) is 0 Å². The summed E-state index contributed by atoms with van der Waals surface area (Å²) in [4.78, 5) is 0. The SMILES string of the molecule is CCC(NCC(C)(O)CSC)c1ccc(Cl)c(Cl)c1. The van der Waals surface area contributed by atoms with Crippen molar-refractivity contribution in [3.05, 3.63) is 33.8 Å². The predicted octanol–water partition coefficient (Wildman–Crippen LogP) is 4.15. The molecule has 108 valence electrons. The third-order valence-electron chi connectivity index (χ3n) is 2.94. The number of hydrogen-bond donors (Lipinski definition) is 2. The summed E-state index contributed by atoms with van der Waals surface area (Å²) in [5.41, 5.74) is 0.389. The normalized spacial score (nSPS) is 16.1. The van der Waals surface area contributed by atoms with Crippen molar-refractivity contribution in [2.75, 3.05) is 18.6 Å². The maximum Gasteiger partial charge on any atom is 0.0833 e. The topological polar surface area (TPSA) is 32.3 Å². The summed E-state index contributed by atoms with van der Waals surface area (Å²) in [5, 5.41) is 14.7. The molecule has 0 aliphatic carbocycles. The van der Waals surface area contributed by atoms with Gasteiger partial charge in [-0.3, -0.25) is 0 Å². The van der Waals surface area contributed by atoms with Crippen LogP contribution in [0.25, 0.3) is 0 Å². The molecule has 1 aromatic rings. The van der Waals surface area contributed by atoms with E-state index in [1.165, 1.54) is 0 Å². The number of nitrogens with one attached hydrogen (secondary N) is 1. The fourth-order valence-electron chi connectivity index (χ4n) is 1.93. The Balaban J connectivity index is 2.70. The molecule has 0 aliphatic heterocycles. The minimum absolute atomic E-state index is 0.170. The van der Waals surface area contributed by atoms with Gasteiger partial charge in [-0.2, -0.15) is 11.8 Å². The Hall–Kier alpha value is 0.0700. The van der Waals surface area contributed by atoms with Crippen LogP contribution in [-0.2, 0) is 0 Å². The summed E-state index contributed by atoms with van der Waals surface area (Å²) in [6.07, 6.45) is 2.91. The third-order valence-corrected chi connectivity index (χ3v) is 4.59. The first kappa shape index (κ1) is 17.1. The van der Waals surface area contributed by atoms with Gasteiger partial charge in [-0.15, -0.1) is 0 Å². The van der Waals surface area contributed by atoms with Crippen LogP contribution >= 0.6 is 35.0 Å². The fraction of sp³-hybridized carbons (Fsp3) is 0.571.